The zero-order valence-electron chi connectivity index (χ0n) is 12.7. The summed E-state index contributed by atoms with van der Waals surface area (Å²) < 4.78 is 11.0. The van der Waals surface area contributed by atoms with Crippen LogP contribution in [0.15, 0.2) is 24.3 Å². The molecular weight excluding hydrogens is 268 g/mol. The van der Waals surface area contributed by atoms with Crippen LogP contribution < -0.4 is 15.4 Å². The van der Waals surface area contributed by atoms with Gasteiger partial charge in [0.25, 0.3) is 5.91 Å². The molecule has 1 heterocycles. The molecule has 116 valence electrons. The Balaban J connectivity index is 1.86. The van der Waals surface area contributed by atoms with E-state index in [0.29, 0.717) is 13.2 Å². The van der Waals surface area contributed by atoms with Crippen molar-refractivity contribution >= 4 is 5.91 Å². The molecule has 1 aromatic carbocycles. The molecule has 2 N–H and O–H groups in total. The molecule has 1 aliphatic rings. The molecule has 1 amide bonds. The Labute approximate surface area is 126 Å². The van der Waals surface area contributed by atoms with Crippen molar-refractivity contribution in [3.8, 4) is 5.75 Å². The van der Waals surface area contributed by atoms with E-state index >= 15 is 0 Å². The highest BCUT2D eigenvalue weighted by Crippen LogP contribution is 2.24. The predicted octanol–water partition coefficient (Wildman–Crippen LogP) is 1.64. The van der Waals surface area contributed by atoms with Gasteiger partial charge >= 0.3 is 0 Å². The van der Waals surface area contributed by atoms with E-state index in [1.165, 1.54) is 0 Å². The monoisotopic (exact) mass is 292 g/mol. The van der Waals surface area contributed by atoms with Gasteiger partial charge in [0, 0.05) is 30.9 Å². The zero-order valence-corrected chi connectivity index (χ0v) is 12.7. The van der Waals surface area contributed by atoms with Crippen molar-refractivity contribution in [3.63, 3.8) is 0 Å². The number of para-hydroxylation sites is 1. The molecule has 1 aliphatic heterocycles. The molecule has 1 atom stereocenters. The first-order valence-corrected chi connectivity index (χ1v) is 7.47. The van der Waals surface area contributed by atoms with Crippen LogP contribution >= 0.6 is 0 Å². The molecule has 5 heteroatoms. The van der Waals surface area contributed by atoms with Gasteiger partial charge in [-0.25, -0.2) is 0 Å². The van der Waals surface area contributed by atoms with Gasteiger partial charge in [-0.15, -0.1) is 0 Å². The first kappa shape index (κ1) is 15.8. The molecule has 21 heavy (non-hydrogen) atoms. The Kier molecular flexibility index (Phi) is 6.02. The van der Waals surface area contributed by atoms with Crippen LogP contribution in [0.5, 0.6) is 5.75 Å². The molecule has 0 radical (unpaired) electrons. The first-order valence-electron chi connectivity index (χ1n) is 7.47. The van der Waals surface area contributed by atoms with Gasteiger partial charge in [0.05, 0.1) is 0 Å². The molecule has 1 unspecified atom stereocenters. The summed E-state index contributed by atoms with van der Waals surface area (Å²) in [7, 11) is 1.90. The van der Waals surface area contributed by atoms with Crippen LogP contribution in [0.4, 0.5) is 0 Å². The van der Waals surface area contributed by atoms with Crippen molar-refractivity contribution in [1.29, 1.82) is 0 Å². The maximum Gasteiger partial charge on any atom is 0.258 e. The van der Waals surface area contributed by atoms with Crippen LogP contribution in [0, 0.1) is 0 Å². The molecule has 0 saturated carbocycles. The molecule has 0 bridgehead atoms. The van der Waals surface area contributed by atoms with Crippen LogP contribution in [0.1, 0.15) is 31.4 Å². The lowest BCUT2D eigenvalue weighted by Crippen LogP contribution is -2.41. The number of carbonyl (C=O) groups excluding carboxylic acids is 1. The fourth-order valence-corrected chi connectivity index (χ4v) is 2.38. The minimum absolute atomic E-state index is 0.0464. The predicted molar refractivity (Wildman–Crippen MR) is 81.4 cm³/mol. The molecule has 5 nitrogen and oxygen atoms in total. The van der Waals surface area contributed by atoms with E-state index in [2.05, 4.69) is 17.6 Å². The maximum absolute atomic E-state index is 11.9. The van der Waals surface area contributed by atoms with Crippen LogP contribution in [0.2, 0.25) is 0 Å². The third-order valence-electron chi connectivity index (χ3n) is 3.76. The topological polar surface area (TPSA) is 59.6 Å². The van der Waals surface area contributed by atoms with Crippen LogP contribution in [-0.4, -0.2) is 38.8 Å². The summed E-state index contributed by atoms with van der Waals surface area (Å²) >= 11 is 0. The van der Waals surface area contributed by atoms with Crippen molar-refractivity contribution in [3.05, 3.63) is 29.8 Å². The standard InChI is InChI=1S/C16H24N2O3/c1-12(17-2)14-5-3-4-6-15(14)21-11-16(19)18-13-7-9-20-10-8-13/h3-6,12-13,17H,7-11H2,1-2H3,(H,18,19). The molecule has 0 aromatic heterocycles. The lowest BCUT2D eigenvalue weighted by atomic mass is 10.1. The molecule has 0 aliphatic carbocycles. The van der Waals surface area contributed by atoms with Crippen LogP contribution in [-0.2, 0) is 9.53 Å². The van der Waals surface area contributed by atoms with E-state index in [1.54, 1.807) is 0 Å². The molecule has 1 aromatic rings. The fraction of sp³-hybridized carbons (Fsp3) is 0.562. The maximum atomic E-state index is 11.9. The second-order valence-electron chi connectivity index (χ2n) is 5.29. The van der Waals surface area contributed by atoms with E-state index in [9.17, 15) is 4.79 Å². The third-order valence-corrected chi connectivity index (χ3v) is 3.76. The molecule has 1 saturated heterocycles. The van der Waals surface area contributed by atoms with Crippen molar-refractivity contribution in [2.24, 2.45) is 0 Å². The van der Waals surface area contributed by atoms with E-state index in [4.69, 9.17) is 9.47 Å². The smallest absolute Gasteiger partial charge is 0.258 e. The largest absolute Gasteiger partial charge is 0.483 e. The Bertz CT molecular complexity index is 459. The lowest BCUT2D eigenvalue weighted by Gasteiger charge is -2.23. The van der Waals surface area contributed by atoms with Gasteiger partial charge < -0.3 is 20.1 Å². The Hall–Kier alpha value is -1.59. The SMILES string of the molecule is CNC(C)c1ccccc1OCC(=O)NC1CCOCC1. The van der Waals surface area contributed by atoms with Gasteiger partial charge in [0.1, 0.15) is 5.75 Å². The van der Waals surface area contributed by atoms with Crippen molar-refractivity contribution in [2.45, 2.75) is 31.8 Å². The van der Waals surface area contributed by atoms with Gasteiger partial charge in [0.15, 0.2) is 6.61 Å². The average Bonchev–Trinajstić information content (AvgIpc) is 2.53. The van der Waals surface area contributed by atoms with E-state index < -0.39 is 0 Å². The van der Waals surface area contributed by atoms with Gasteiger partial charge in [-0.3, -0.25) is 4.79 Å². The highest BCUT2D eigenvalue weighted by atomic mass is 16.5. The second kappa shape index (κ2) is 8.00. The number of benzene rings is 1. The summed E-state index contributed by atoms with van der Waals surface area (Å²) in [5.41, 5.74) is 1.05. The number of ether oxygens (including phenoxy) is 2. The summed E-state index contributed by atoms with van der Waals surface area (Å²) in [5.74, 6) is 0.676. The fourth-order valence-electron chi connectivity index (χ4n) is 2.38. The van der Waals surface area contributed by atoms with Crippen molar-refractivity contribution in [1.82, 2.24) is 10.6 Å². The average molecular weight is 292 g/mol. The van der Waals surface area contributed by atoms with Gasteiger partial charge in [-0.05, 0) is 32.9 Å². The summed E-state index contributed by atoms with van der Waals surface area (Å²) in [6, 6.07) is 8.18. The number of nitrogens with one attached hydrogen (secondary N) is 2. The lowest BCUT2D eigenvalue weighted by molar-refractivity contribution is -0.124. The molecular formula is C16H24N2O3. The Morgan fingerprint density at radius 1 is 1.38 bits per heavy atom. The normalized spacial score (nSPS) is 17.2. The van der Waals surface area contributed by atoms with E-state index in [1.807, 2.05) is 31.3 Å². The van der Waals surface area contributed by atoms with Gasteiger partial charge in [-0.2, -0.15) is 0 Å². The summed E-state index contributed by atoms with van der Waals surface area (Å²) in [5, 5.41) is 6.17. The number of hydrogen-bond donors (Lipinski definition) is 2. The second-order valence-corrected chi connectivity index (χ2v) is 5.29. The molecule has 0 spiro atoms. The first-order chi connectivity index (χ1) is 10.2. The van der Waals surface area contributed by atoms with Gasteiger partial charge in [-0.1, -0.05) is 18.2 Å². The number of amides is 1. The van der Waals surface area contributed by atoms with Crippen LogP contribution in [0.3, 0.4) is 0 Å². The number of carbonyl (C=O) groups is 1. The Morgan fingerprint density at radius 3 is 2.81 bits per heavy atom. The summed E-state index contributed by atoms with van der Waals surface area (Å²) in [6.45, 7) is 3.54. The minimum atomic E-state index is -0.0752. The zero-order chi connectivity index (χ0) is 15.1. The number of rotatable bonds is 6. The highest BCUT2D eigenvalue weighted by Gasteiger charge is 2.17. The van der Waals surface area contributed by atoms with E-state index in [-0.39, 0.29) is 24.6 Å². The highest BCUT2D eigenvalue weighted by molar-refractivity contribution is 5.77. The third kappa shape index (κ3) is 4.72. The van der Waals surface area contributed by atoms with Crippen LogP contribution in [0.25, 0.3) is 0 Å². The quantitative estimate of drug-likeness (QED) is 0.837. The van der Waals surface area contributed by atoms with Crippen molar-refractivity contribution < 1.29 is 14.3 Å². The van der Waals surface area contributed by atoms with E-state index in [0.717, 1.165) is 24.2 Å². The van der Waals surface area contributed by atoms with Gasteiger partial charge in [0.2, 0.25) is 0 Å². The van der Waals surface area contributed by atoms with Crippen molar-refractivity contribution in [2.75, 3.05) is 26.9 Å². The summed E-state index contributed by atoms with van der Waals surface area (Å²) in [6.07, 6.45) is 1.75. The minimum Gasteiger partial charge on any atom is -0.483 e. The molecule has 1 fully saturated rings. The Morgan fingerprint density at radius 2 is 2.10 bits per heavy atom. The molecule has 2 rings (SSSR count). The summed E-state index contributed by atoms with van der Waals surface area (Å²) in [4.78, 5) is 11.9. The number of hydrogen-bond acceptors (Lipinski definition) is 4.